The molecule has 0 unspecified atom stereocenters. The molecule has 4 aromatic rings. The summed E-state index contributed by atoms with van der Waals surface area (Å²) in [6.07, 6.45) is 4.39. The quantitative estimate of drug-likeness (QED) is 0.250. The van der Waals surface area contributed by atoms with Crippen molar-refractivity contribution in [3.63, 3.8) is 0 Å². The van der Waals surface area contributed by atoms with Crippen LogP contribution < -0.4 is 9.47 Å². The van der Waals surface area contributed by atoms with Crippen LogP contribution in [0.3, 0.4) is 0 Å². The summed E-state index contributed by atoms with van der Waals surface area (Å²) in [5.74, 6) is 0.702. The second-order valence-electron chi connectivity index (χ2n) is 10.4. The van der Waals surface area contributed by atoms with E-state index in [0.717, 1.165) is 0 Å². The van der Waals surface area contributed by atoms with E-state index in [-0.39, 0.29) is 41.6 Å². The van der Waals surface area contributed by atoms with E-state index in [2.05, 4.69) is 9.97 Å². The summed E-state index contributed by atoms with van der Waals surface area (Å²) in [6, 6.07) is 19.2. The first-order valence-corrected chi connectivity index (χ1v) is 13.9. The van der Waals surface area contributed by atoms with Gasteiger partial charge in [0.05, 0.1) is 5.56 Å². The van der Waals surface area contributed by atoms with E-state index in [0.29, 0.717) is 60.0 Å². The van der Waals surface area contributed by atoms with Crippen LogP contribution in [0, 0.1) is 5.82 Å². The molecular weight excluding hydrogens is 551 g/mol. The molecule has 0 radical (unpaired) electrons. The van der Waals surface area contributed by atoms with Crippen molar-refractivity contribution in [1.82, 2.24) is 19.8 Å². The molecule has 1 saturated heterocycles. The average Bonchev–Trinajstić information content (AvgIpc) is 3.03. The van der Waals surface area contributed by atoms with Crippen molar-refractivity contribution in [2.24, 2.45) is 0 Å². The lowest BCUT2D eigenvalue weighted by Gasteiger charge is -2.32. The number of carbonyl (C=O) groups is 3. The number of pyridine rings is 2. The van der Waals surface area contributed by atoms with E-state index >= 15 is 0 Å². The molecule has 10 heteroatoms. The number of carbonyl (C=O) groups excluding carboxylic acids is 3. The van der Waals surface area contributed by atoms with Crippen LogP contribution in [0.2, 0.25) is 0 Å². The van der Waals surface area contributed by atoms with Gasteiger partial charge in [-0.3, -0.25) is 19.4 Å². The van der Waals surface area contributed by atoms with E-state index in [1.807, 2.05) is 0 Å². The highest BCUT2D eigenvalue weighted by molar-refractivity contribution is 5.98. The van der Waals surface area contributed by atoms with Crippen LogP contribution in [-0.2, 0) is 6.42 Å². The topological polar surface area (TPSA) is 102 Å². The van der Waals surface area contributed by atoms with E-state index in [9.17, 15) is 18.8 Å². The maximum absolute atomic E-state index is 13.1. The maximum Gasteiger partial charge on any atom is 0.255 e. The summed E-state index contributed by atoms with van der Waals surface area (Å²) in [5, 5.41) is 0. The lowest BCUT2D eigenvalue weighted by atomic mass is 10.1. The van der Waals surface area contributed by atoms with E-state index in [4.69, 9.17) is 9.47 Å². The zero-order valence-electron chi connectivity index (χ0n) is 23.9. The Morgan fingerprint density at radius 3 is 2.12 bits per heavy atom. The largest absolute Gasteiger partial charge is 0.490 e. The van der Waals surface area contributed by atoms with Gasteiger partial charge in [-0.25, -0.2) is 9.37 Å². The number of nitrogens with zero attached hydrogens (tertiary/aromatic N) is 4. The number of benzene rings is 2. The number of hydrogen-bond donors (Lipinski definition) is 0. The SMILES string of the molecule is CN(C)C(=O)c1ccc(OC2CCN(C(=O)c3ccc(C(=O)Cc4ccc(Oc5ccc(F)cc5)nc4)nc3)CC2)cc1. The molecular formula is C33H31FN4O5. The van der Waals surface area contributed by atoms with Crippen LogP contribution in [0.25, 0.3) is 0 Å². The first-order chi connectivity index (χ1) is 20.7. The molecule has 0 N–H and O–H groups in total. The minimum atomic E-state index is -0.356. The molecule has 220 valence electrons. The number of likely N-dealkylation sites (tertiary alicyclic amines) is 1. The Labute approximate surface area is 248 Å². The first kappa shape index (κ1) is 29.4. The molecule has 1 aliphatic heterocycles. The van der Waals surface area contributed by atoms with Crippen molar-refractivity contribution in [2.45, 2.75) is 25.4 Å². The molecule has 0 atom stereocenters. The Morgan fingerprint density at radius 1 is 0.837 bits per heavy atom. The number of piperidine rings is 1. The summed E-state index contributed by atoms with van der Waals surface area (Å²) in [5.41, 5.74) is 1.95. The molecule has 5 rings (SSSR count). The van der Waals surface area contributed by atoms with E-state index < -0.39 is 0 Å². The highest BCUT2D eigenvalue weighted by Crippen LogP contribution is 2.22. The lowest BCUT2D eigenvalue weighted by molar-refractivity contribution is 0.0594. The van der Waals surface area contributed by atoms with Crippen molar-refractivity contribution in [1.29, 1.82) is 0 Å². The molecule has 3 heterocycles. The van der Waals surface area contributed by atoms with Gasteiger partial charge in [-0.15, -0.1) is 0 Å². The third-order valence-corrected chi connectivity index (χ3v) is 7.03. The van der Waals surface area contributed by atoms with Gasteiger partial charge in [-0.2, -0.15) is 0 Å². The number of aromatic nitrogens is 2. The van der Waals surface area contributed by atoms with Crippen LogP contribution >= 0.6 is 0 Å². The van der Waals surface area contributed by atoms with Crippen molar-refractivity contribution < 1.29 is 28.2 Å². The standard InChI is InChI=1S/C33H31FN4O5/c1-37(2)32(40)23-4-9-26(10-5-23)42-28-15-17-38(18-16-28)33(41)24-6-13-29(35-21-24)30(39)19-22-3-14-31(36-20-22)43-27-11-7-25(34)8-12-27/h3-14,20-21,28H,15-19H2,1-2H3. The highest BCUT2D eigenvalue weighted by Gasteiger charge is 2.25. The summed E-state index contributed by atoms with van der Waals surface area (Å²) in [6.45, 7) is 1.07. The fourth-order valence-corrected chi connectivity index (χ4v) is 4.65. The summed E-state index contributed by atoms with van der Waals surface area (Å²) >= 11 is 0. The highest BCUT2D eigenvalue weighted by atomic mass is 19.1. The average molecular weight is 583 g/mol. The molecule has 2 aromatic heterocycles. The number of hydrogen-bond acceptors (Lipinski definition) is 7. The van der Waals surface area contributed by atoms with Gasteiger partial charge in [0.1, 0.15) is 29.1 Å². The van der Waals surface area contributed by atoms with Gasteiger partial charge in [-0.05, 0) is 66.2 Å². The predicted octanol–water partition coefficient (Wildman–Crippen LogP) is 5.22. The molecule has 43 heavy (non-hydrogen) atoms. The van der Waals surface area contributed by atoms with Crippen molar-refractivity contribution in [2.75, 3.05) is 27.2 Å². The molecule has 1 fully saturated rings. The molecule has 0 spiro atoms. The van der Waals surface area contributed by atoms with Crippen molar-refractivity contribution in [3.05, 3.63) is 113 Å². The van der Waals surface area contributed by atoms with Crippen molar-refractivity contribution >= 4 is 17.6 Å². The maximum atomic E-state index is 13.1. The minimum absolute atomic E-state index is 0.0318. The van der Waals surface area contributed by atoms with Gasteiger partial charge in [0, 0.05) is 70.5 Å². The van der Waals surface area contributed by atoms with Crippen LogP contribution in [-0.4, -0.2) is 70.7 Å². The summed E-state index contributed by atoms with van der Waals surface area (Å²) < 4.78 is 24.7. The fraction of sp³-hybridized carbons (Fsp3) is 0.242. The van der Waals surface area contributed by atoms with Gasteiger partial charge in [-0.1, -0.05) is 6.07 Å². The summed E-state index contributed by atoms with van der Waals surface area (Å²) in [7, 11) is 3.42. The Hall–Kier alpha value is -5.12. The van der Waals surface area contributed by atoms with E-state index in [1.165, 1.54) is 35.4 Å². The second kappa shape index (κ2) is 13.2. The minimum Gasteiger partial charge on any atom is -0.490 e. The van der Waals surface area contributed by atoms with E-state index in [1.54, 1.807) is 73.7 Å². The molecule has 1 aliphatic rings. The number of ketones is 1. The first-order valence-electron chi connectivity index (χ1n) is 13.9. The fourth-order valence-electron chi connectivity index (χ4n) is 4.65. The van der Waals surface area contributed by atoms with Crippen LogP contribution in [0.15, 0.2) is 85.2 Å². The number of ether oxygens (including phenoxy) is 2. The normalized spacial score (nSPS) is 13.3. The molecule has 0 saturated carbocycles. The third-order valence-electron chi connectivity index (χ3n) is 7.03. The van der Waals surface area contributed by atoms with Crippen LogP contribution in [0.1, 0.15) is 49.6 Å². The summed E-state index contributed by atoms with van der Waals surface area (Å²) in [4.78, 5) is 49.7. The zero-order valence-corrected chi connectivity index (χ0v) is 23.9. The molecule has 2 amide bonds. The zero-order chi connectivity index (χ0) is 30.3. The third kappa shape index (κ3) is 7.59. The van der Waals surface area contributed by atoms with Gasteiger partial charge in [0.15, 0.2) is 5.78 Å². The molecule has 0 aliphatic carbocycles. The Kier molecular flexibility index (Phi) is 9.05. The number of amides is 2. The molecule has 9 nitrogen and oxygen atoms in total. The lowest BCUT2D eigenvalue weighted by Crippen LogP contribution is -2.41. The second-order valence-corrected chi connectivity index (χ2v) is 10.4. The Balaban J connectivity index is 1.09. The van der Waals surface area contributed by atoms with Crippen LogP contribution in [0.5, 0.6) is 17.4 Å². The molecule has 2 aromatic carbocycles. The number of rotatable bonds is 9. The van der Waals surface area contributed by atoms with Gasteiger partial charge < -0.3 is 19.3 Å². The number of halogens is 1. The van der Waals surface area contributed by atoms with Crippen LogP contribution in [0.4, 0.5) is 4.39 Å². The number of Topliss-reactive ketones (excluding diaryl/α,β-unsaturated/α-hetero) is 1. The van der Waals surface area contributed by atoms with Gasteiger partial charge in [0.25, 0.3) is 11.8 Å². The Bertz CT molecular complexity index is 1570. The van der Waals surface area contributed by atoms with Gasteiger partial charge >= 0.3 is 0 Å². The predicted molar refractivity (Wildman–Crippen MR) is 157 cm³/mol. The molecule has 0 bridgehead atoms. The van der Waals surface area contributed by atoms with Crippen molar-refractivity contribution in [3.8, 4) is 17.4 Å². The van der Waals surface area contributed by atoms with Gasteiger partial charge in [0.2, 0.25) is 5.88 Å². The smallest absolute Gasteiger partial charge is 0.255 e. The Morgan fingerprint density at radius 2 is 1.51 bits per heavy atom. The monoisotopic (exact) mass is 582 g/mol.